The second-order valence-corrected chi connectivity index (χ2v) is 4.02. The summed E-state index contributed by atoms with van der Waals surface area (Å²) in [5.74, 6) is 9.06. The molecular formula is C14H20N2O. The topological polar surface area (TPSA) is 47.3 Å². The van der Waals surface area contributed by atoms with Gasteiger partial charge in [0, 0.05) is 12.5 Å². The van der Waals surface area contributed by atoms with Gasteiger partial charge in [0.15, 0.2) is 0 Å². The number of hydrazine groups is 1. The molecule has 0 aliphatic rings. The van der Waals surface area contributed by atoms with E-state index >= 15 is 0 Å². The largest absolute Gasteiger partial charge is 0.497 e. The van der Waals surface area contributed by atoms with Gasteiger partial charge in [-0.2, -0.15) is 0 Å². The van der Waals surface area contributed by atoms with Crippen LogP contribution in [0, 0.1) is 12.3 Å². The van der Waals surface area contributed by atoms with E-state index in [1.165, 1.54) is 5.56 Å². The molecule has 3 heteroatoms. The van der Waals surface area contributed by atoms with E-state index in [2.05, 4.69) is 17.4 Å². The number of nitrogens with two attached hydrogens (primary N) is 1. The summed E-state index contributed by atoms with van der Waals surface area (Å²) in [6.45, 7) is 0. The van der Waals surface area contributed by atoms with Gasteiger partial charge in [0.1, 0.15) is 5.75 Å². The average molecular weight is 232 g/mol. The molecule has 0 fully saturated rings. The zero-order chi connectivity index (χ0) is 12.5. The van der Waals surface area contributed by atoms with Crippen molar-refractivity contribution < 1.29 is 4.74 Å². The van der Waals surface area contributed by atoms with Gasteiger partial charge in [-0.05, 0) is 37.0 Å². The quantitative estimate of drug-likeness (QED) is 0.326. The Balaban J connectivity index is 2.51. The van der Waals surface area contributed by atoms with Gasteiger partial charge in [0.05, 0.1) is 7.11 Å². The van der Waals surface area contributed by atoms with Crippen LogP contribution in [0.15, 0.2) is 24.3 Å². The van der Waals surface area contributed by atoms with Crippen molar-refractivity contribution >= 4 is 0 Å². The van der Waals surface area contributed by atoms with Gasteiger partial charge in [-0.1, -0.05) is 12.1 Å². The van der Waals surface area contributed by atoms with Gasteiger partial charge in [0.2, 0.25) is 0 Å². The molecule has 1 rings (SSSR count). The smallest absolute Gasteiger partial charge is 0.119 e. The average Bonchev–Trinajstić information content (AvgIpc) is 2.38. The van der Waals surface area contributed by atoms with E-state index in [4.69, 9.17) is 17.0 Å². The molecule has 0 aliphatic carbocycles. The molecule has 3 nitrogen and oxygen atoms in total. The van der Waals surface area contributed by atoms with Crippen molar-refractivity contribution in [2.45, 2.75) is 31.7 Å². The summed E-state index contributed by atoms with van der Waals surface area (Å²) in [5, 5.41) is 0. The SMILES string of the molecule is C#CCCCC(Cc1cccc(OC)c1)NN. The molecule has 0 heterocycles. The zero-order valence-electron chi connectivity index (χ0n) is 10.3. The van der Waals surface area contributed by atoms with Crippen molar-refractivity contribution in [2.75, 3.05) is 7.11 Å². The van der Waals surface area contributed by atoms with E-state index in [9.17, 15) is 0 Å². The molecule has 0 radical (unpaired) electrons. The van der Waals surface area contributed by atoms with Crippen molar-refractivity contribution in [3.05, 3.63) is 29.8 Å². The lowest BCUT2D eigenvalue weighted by molar-refractivity contribution is 0.413. The van der Waals surface area contributed by atoms with E-state index < -0.39 is 0 Å². The third-order valence-corrected chi connectivity index (χ3v) is 2.73. The van der Waals surface area contributed by atoms with Crippen LogP contribution in [0.3, 0.4) is 0 Å². The summed E-state index contributed by atoms with van der Waals surface area (Å²) in [6.07, 6.45) is 8.90. The van der Waals surface area contributed by atoms with Crippen LogP contribution in [0.5, 0.6) is 5.75 Å². The van der Waals surface area contributed by atoms with Crippen LogP contribution < -0.4 is 16.0 Å². The highest BCUT2D eigenvalue weighted by Gasteiger charge is 2.07. The third-order valence-electron chi connectivity index (χ3n) is 2.73. The lowest BCUT2D eigenvalue weighted by atomic mass is 10.0. The van der Waals surface area contributed by atoms with Crippen molar-refractivity contribution in [3.8, 4) is 18.1 Å². The van der Waals surface area contributed by atoms with E-state index in [-0.39, 0.29) is 6.04 Å². The standard InChI is InChI=1S/C14H20N2O/c1-3-4-5-8-13(16-15)10-12-7-6-9-14(11-12)17-2/h1,6-7,9,11,13,16H,4-5,8,10,15H2,2H3. The van der Waals surface area contributed by atoms with Gasteiger partial charge < -0.3 is 4.74 Å². The van der Waals surface area contributed by atoms with Gasteiger partial charge in [0.25, 0.3) is 0 Å². The first-order valence-electron chi connectivity index (χ1n) is 5.82. The monoisotopic (exact) mass is 232 g/mol. The van der Waals surface area contributed by atoms with Gasteiger partial charge in [-0.3, -0.25) is 11.3 Å². The molecule has 1 aromatic carbocycles. The minimum Gasteiger partial charge on any atom is -0.497 e. The molecule has 0 spiro atoms. The van der Waals surface area contributed by atoms with Crippen LogP contribution in [-0.4, -0.2) is 13.2 Å². The number of benzene rings is 1. The molecule has 3 N–H and O–H groups in total. The second kappa shape index (κ2) is 7.72. The molecule has 0 saturated carbocycles. The summed E-state index contributed by atoms with van der Waals surface area (Å²) in [7, 11) is 1.67. The molecule has 1 atom stereocenters. The molecule has 17 heavy (non-hydrogen) atoms. The van der Waals surface area contributed by atoms with Gasteiger partial charge in [-0.25, -0.2) is 0 Å². The highest BCUT2D eigenvalue weighted by Crippen LogP contribution is 2.15. The van der Waals surface area contributed by atoms with Crippen molar-refractivity contribution in [1.82, 2.24) is 5.43 Å². The first kappa shape index (κ1) is 13.6. The van der Waals surface area contributed by atoms with Crippen LogP contribution in [0.2, 0.25) is 0 Å². The fourth-order valence-electron chi connectivity index (χ4n) is 1.78. The Kier molecular flexibility index (Phi) is 6.16. The zero-order valence-corrected chi connectivity index (χ0v) is 10.3. The number of hydrogen-bond donors (Lipinski definition) is 2. The molecule has 0 bridgehead atoms. The molecule has 0 aliphatic heterocycles. The van der Waals surface area contributed by atoms with Gasteiger partial charge >= 0.3 is 0 Å². The second-order valence-electron chi connectivity index (χ2n) is 4.02. The molecular weight excluding hydrogens is 212 g/mol. The first-order chi connectivity index (χ1) is 8.30. The first-order valence-corrected chi connectivity index (χ1v) is 5.82. The van der Waals surface area contributed by atoms with E-state index in [0.717, 1.165) is 31.4 Å². The van der Waals surface area contributed by atoms with Crippen molar-refractivity contribution in [2.24, 2.45) is 5.84 Å². The maximum absolute atomic E-state index is 5.54. The summed E-state index contributed by atoms with van der Waals surface area (Å²) in [4.78, 5) is 0. The Morgan fingerprint density at radius 2 is 2.35 bits per heavy atom. The van der Waals surface area contributed by atoms with Crippen LogP contribution >= 0.6 is 0 Å². The molecule has 0 saturated heterocycles. The Morgan fingerprint density at radius 1 is 1.53 bits per heavy atom. The van der Waals surface area contributed by atoms with E-state index in [0.29, 0.717) is 0 Å². The van der Waals surface area contributed by atoms with Crippen LogP contribution in [0.1, 0.15) is 24.8 Å². The normalized spacial score (nSPS) is 11.8. The number of rotatable bonds is 7. The molecule has 92 valence electrons. The number of methoxy groups -OCH3 is 1. The Morgan fingerprint density at radius 3 is 3.00 bits per heavy atom. The Labute approximate surface area is 103 Å². The summed E-state index contributed by atoms with van der Waals surface area (Å²) in [6, 6.07) is 8.30. The maximum atomic E-state index is 5.54. The summed E-state index contributed by atoms with van der Waals surface area (Å²) >= 11 is 0. The van der Waals surface area contributed by atoms with E-state index in [1.54, 1.807) is 7.11 Å². The highest BCUT2D eigenvalue weighted by atomic mass is 16.5. The molecule has 0 amide bonds. The van der Waals surface area contributed by atoms with Crippen molar-refractivity contribution in [3.63, 3.8) is 0 Å². The molecule has 1 unspecified atom stereocenters. The number of nitrogens with one attached hydrogen (secondary N) is 1. The van der Waals surface area contributed by atoms with Crippen LogP contribution in [0.4, 0.5) is 0 Å². The van der Waals surface area contributed by atoms with Gasteiger partial charge in [-0.15, -0.1) is 12.3 Å². The Hall–Kier alpha value is -1.50. The van der Waals surface area contributed by atoms with Crippen LogP contribution in [0.25, 0.3) is 0 Å². The van der Waals surface area contributed by atoms with E-state index in [1.807, 2.05) is 18.2 Å². The highest BCUT2D eigenvalue weighted by molar-refractivity contribution is 5.28. The van der Waals surface area contributed by atoms with Crippen molar-refractivity contribution in [1.29, 1.82) is 0 Å². The predicted molar refractivity (Wildman–Crippen MR) is 70.5 cm³/mol. The molecule has 1 aromatic rings. The maximum Gasteiger partial charge on any atom is 0.119 e. The number of unbranched alkanes of at least 4 members (excludes halogenated alkanes) is 1. The lowest BCUT2D eigenvalue weighted by Crippen LogP contribution is -2.36. The van der Waals surface area contributed by atoms with Crippen LogP contribution in [-0.2, 0) is 6.42 Å². The third kappa shape index (κ3) is 4.90. The fraction of sp³-hybridized carbons (Fsp3) is 0.429. The minimum absolute atomic E-state index is 0.260. The number of terminal acetylenes is 1. The Bertz CT molecular complexity index is 371. The summed E-state index contributed by atoms with van der Waals surface area (Å²) < 4.78 is 5.19. The molecule has 0 aromatic heterocycles. The number of hydrogen-bond acceptors (Lipinski definition) is 3. The minimum atomic E-state index is 0.260. The number of ether oxygens (including phenoxy) is 1. The summed E-state index contributed by atoms with van der Waals surface area (Å²) in [5.41, 5.74) is 4.05. The predicted octanol–water partition coefficient (Wildman–Crippen LogP) is 1.87. The lowest BCUT2D eigenvalue weighted by Gasteiger charge is -2.15. The fourth-order valence-corrected chi connectivity index (χ4v) is 1.78.